The number of benzene rings is 1. The van der Waals surface area contributed by atoms with E-state index >= 15 is 0 Å². The fourth-order valence-electron chi connectivity index (χ4n) is 5.69. The highest BCUT2D eigenvalue weighted by atomic mass is 35.5. The highest BCUT2D eigenvalue weighted by Crippen LogP contribution is 2.44. The molecule has 46 heavy (non-hydrogen) atoms. The summed E-state index contributed by atoms with van der Waals surface area (Å²) in [4.78, 5) is 73.3. The number of nitrogens with zero attached hydrogens (tertiary/aromatic N) is 3. The van der Waals surface area contributed by atoms with Crippen molar-refractivity contribution in [3.8, 4) is 5.75 Å². The fourth-order valence-corrected chi connectivity index (χ4v) is 5.86. The van der Waals surface area contributed by atoms with Gasteiger partial charge in [0, 0.05) is 43.0 Å². The maximum atomic E-state index is 14.3. The van der Waals surface area contributed by atoms with Crippen LogP contribution in [0.4, 0.5) is 4.79 Å². The molecular weight excluding hydrogens is 620 g/mol. The van der Waals surface area contributed by atoms with Crippen LogP contribution in [0.2, 0.25) is 5.02 Å². The number of rotatable bonds is 12. The predicted octanol–water partition coefficient (Wildman–Crippen LogP) is 3.89. The van der Waals surface area contributed by atoms with E-state index in [4.69, 9.17) is 41.3 Å². The van der Waals surface area contributed by atoms with Crippen LogP contribution < -0.4 is 10.5 Å². The number of carbonyl (C=O) groups excluding carboxylic acids is 5. The van der Waals surface area contributed by atoms with Gasteiger partial charge >= 0.3 is 18.0 Å². The minimum Gasteiger partial charge on any atom is -0.474 e. The molecule has 2 aliphatic rings. The molecule has 4 rings (SSSR count). The summed E-state index contributed by atoms with van der Waals surface area (Å²) in [5.74, 6) is -3.59. The third kappa shape index (κ3) is 7.30. The normalized spacial score (nSPS) is 16.3. The number of ether oxygens (including phenoxy) is 4. The molecule has 2 aromatic rings. The van der Waals surface area contributed by atoms with E-state index in [0.29, 0.717) is 40.8 Å². The average Bonchev–Trinajstić information content (AvgIpc) is 2.99. The van der Waals surface area contributed by atoms with E-state index in [2.05, 4.69) is 0 Å². The van der Waals surface area contributed by atoms with Crippen LogP contribution in [0.15, 0.2) is 12.1 Å². The van der Waals surface area contributed by atoms with Crippen molar-refractivity contribution < 1.29 is 42.9 Å². The minimum absolute atomic E-state index is 0.0113. The lowest BCUT2D eigenvalue weighted by Crippen LogP contribution is -2.52. The number of amides is 3. The molecule has 1 aromatic carbocycles. The molecule has 1 aromatic heterocycles. The van der Waals surface area contributed by atoms with Gasteiger partial charge in [0.15, 0.2) is 0 Å². The quantitative estimate of drug-likeness (QED) is 0.260. The Bertz CT molecular complexity index is 1500. The van der Waals surface area contributed by atoms with E-state index in [-0.39, 0.29) is 75.8 Å². The summed E-state index contributed by atoms with van der Waals surface area (Å²) in [5, 5.41) is 0.707. The Balaban J connectivity index is 1.85. The molecule has 1 atom stereocenters. The number of nitrogens with two attached hydrogens (primary N) is 1. The molecule has 250 valence electrons. The van der Waals surface area contributed by atoms with Crippen molar-refractivity contribution in [1.82, 2.24) is 14.8 Å². The van der Waals surface area contributed by atoms with E-state index in [1.807, 2.05) is 0 Å². The number of aryl methyl sites for hydroxylation is 1. The van der Waals surface area contributed by atoms with Crippen LogP contribution >= 0.6 is 11.6 Å². The largest absolute Gasteiger partial charge is 0.474 e. The van der Waals surface area contributed by atoms with Gasteiger partial charge in [-0.1, -0.05) is 11.6 Å². The van der Waals surface area contributed by atoms with Crippen LogP contribution in [0, 0.1) is 6.92 Å². The first-order valence-corrected chi connectivity index (χ1v) is 16.0. The molecule has 0 spiro atoms. The summed E-state index contributed by atoms with van der Waals surface area (Å²) >= 11 is 6.51. The number of carbonyl (C=O) groups is 5. The Morgan fingerprint density at radius 1 is 0.957 bits per heavy atom. The van der Waals surface area contributed by atoms with Crippen LogP contribution in [0.1, 0.15) is 80.4 Å². The van der Waals surface area contributed by atoms with Gasteiger partial charge in [-0.3, -0.25) is 19.4 Å². The van der Waals surface area contributed by atoms with Crippen LogP contribution in [0.5, 0.6) is 5.75 Å². The Hall–Kier alpha value is -4.13. The second-order valence-corrected chi connectivity index (χ2v) is 11.7. The SMILES string of the molecule is CCOC(=O)CCC(C(=O)N1CCN(C(=O)OCC)CC1)c1nc2cc(C)c(Cl)cc2c(OC2(C(=O)OCC)CCC2)c1C(N)=O. The van der Waals surface area contributed by atoms with Gasteiger partial charge in [0.25, 0.3) is 5.91 Å². The number of pyridine rings is 1. The number of primary amides is 1. The van der Waals surface area contributed by atoms with Crippen molar-refractivity contribution in [3.63, 3.8) is 0 Å². The van der Waals surface area contributed by atoms with Crippen molar-refractivity contribution >= 4 is 52.4 Å². The Morgan fingerprint density at radius 3 is 2.15 bits per heavy atom. The first-order valence-electron chi connectivity index (χ1n) is 15.6. The van der Waals surface area contributed by atoms with Gasteiger partial charge in [0.2, 0.25) is 11.5 Å². The monoisotopic (exact) mass is 660 g/mol. The molecule has 1 saturated heterocycles. The van der Waals surface area contributed by atoms with Gasteiger partial charge in [0.05, 0.1) is 36.9 Å². The molecule has 3 amide bonds. The Morgan fingerprint density at radius 2 is 1.59 bits per heavy atom. The average molecular weight is 661 g/mol. The molecular formula is C32H41ClN4O9. The zero-order valence-corrected chi connectivity index (χ0v) is 27.4. The number of hydrogen-bond donors (Lipinski definition) is 1. The molecule has 2 fully saturated rings. The molecule has 13 nitrogen and oxygen atoms in total. The topological polar surface area (TPSA) is 168 Å². The second-order valence-electron chi connectivity index (χ2n) is 11.3. The minimum atomic E-state index is -1.36. The predicted molar refractivity (Wildman–Crippen MR) is 168 cm³/mol. The zero-order chi connectivity index (χ0) is 33.6. The fraction of sp³-hybridized carbons (Fsp3) is 0.562. The van der Waals surface area contributed by atoms with Crippen LogP contribution in [0.3, 0.4) is 0 Å². The smallest absolute Gasteiger partial charge is 0.409 e. The van der Waals surface area contributed by atoms with E-state index in [1.54, 1.807) is 44.7 Å². The van der Waals surface area contributed by atoms with Crippen molar-refractivity contribution in [2.24, 2.45) is 5.73 Å². The van der Waals surface area contributed by atoms with Crippen molar-refractivity contribution in [2.45, 2.75) is 71.3 Å². The molecule has 1 unspecified atom stereocenters. The number of esters is 2. The van der Waals surface area contributed by atoms with Crippen molar-refractivity contribution in [3.05, 3.63) is 34.0 Å². The maximum Gasteiger partial charge on any atom is 0.409 e. The van der Waals surface area contributed by atoms with Gasteiger partial charge < -0.3 is 34.5 Å². The van der Waals surface area contributed by atoms with Gasteiger partial charge in [-0.15, -0.1) is 0 Å². The van der Waals surface area contributed by atoms with Crippen LogP contribution in [-0.2, 0) is 28.6 Å². The number of aromatic nitrogens is 1. The third-order valence-electron chi connectivity index (χ3n) is 8.29. The van der Waals surface area contributed by atoms with Crippen LogP contribution in [0.25, 0.3) is 10.9 Å². The molecule has 14 heteroatoms. The van der Waals surface area contributed by atoms with Gasteiger partial charge in [-0.2, -0.15) is 0 Å². The number of piperazine rings is 1. The second kappa shape index (κ2) is 15.0. The van der Waals surface area contributed by atoms with Crippen LogP contribution in [-0.4, -0.2) is 96.2 Å². The van der Waals surface area contributed by atoms with Gasteiger partial charge in [-0.05, 0) is 71.1 Å². The molecule has 0 radical (unpaired) electrons. The molecule has 2 N–H and O–H groups in total. The lowest BCUT2D eigenvalue weighted by molar-refractivity contribution is -0.169. The number of halogens is 1. The Labute approximate surface area is 272 Å². The highest BCUT2D eigenvalue weighted by molar-refractivity contribution is 6.32. The number of fused-ring (bicyclic) bond motifs is 1. The summed E-state index contributed by atoms with van der Waals surface area (Å²) in [6, 6.07) is 3.29. The summed E-state index contributed by atoms with van der Waals surface area (Å²) in [6.45, 7) is 8.22. The molecule has 1 saturated carbocycles. The highest BCUT2D eigenvalue weighted by Gasteiger charge is 2.49. The van der Waals surface area contributed by atoms with E-state index < -0.39 is 41.4 Å². The first-order chi connectivity index (χ1) is 22.0. The lowest BCUT2D eigenvalue weighted by atomic mass is 9.79. The summed E-state index contributed by atoms with van der Waals surface area (Å²) in [6.07, 6.45) is 0.719. The molecule has 0 bridgehead atoms. The zero-order valence-electron chi connectivity index (χ0n) is 26.7. The van der Waals surface area contributed by atoms with Gasteiger partial charge in [0.1, 0.15) is 11.3 Å². The van der Waals surface area contributed by atoms with E-state index in [0.717, 1.165) is 0 Å². The summed E-state index contributed by atoms with van der Waals surface area (Å²) < 4.78 is 22.0. The Kier molecular flexibility index (Phi) is 11.3. The van der Waals surface area contributed by atoms with Crippen molar-refractivity contribution in [2.75, 3.05) is 46.0 Å². The molecule has 2 heterocycles. The maximum absolute atomic E-state index is 14.3. The molecule has 1 aliphatic heterocycles. The van der Waals surface area contributed by atoms with E-state index in [9.17, 15) is 24.0 Å². The van der Waals surface area contributed by atoms with Gasteiger partial charge in [-0.25, -0.2) is 9.59 Å². The summed E-state index contributed by atoms with van der Waals surface area (Å²) in [7, 11) is 0. The van der Waals surface area contributed by atoms with E-state index in [1.165, 1.54) is 4.90 Å². The standard InChI is InChI=1S/C32H41ClN4O9/c1-5-43-24(38)10-9-20(29(40)36-13-15-37(16-14-36)31(42)45-7-3)26-25(28(34)39)27(21-18-22(33)19(4)17-23(21)35-26)46-32(11-8-12-32)30(41)44-6-2/h17-18,20H,5-16H2,1-4H3,(H2,34,39). The summed E-state index contributed by atoms with van der Waals surface area (Å²) in [5.41, 5.74) is 5.50. The lowest BCUT2D eigenvalue weighted by Gasteiger charge is -2.40. The number of hydrogen-bond acceptors (Lipinski definition) is 10. The first kappa shape index (κ1) is 34.7. The van der Waals surface area contributed by atoms with Crippen molar-refractivity contribution in [1.29, 1.82) is 0 Å². The third-order valence-corrected chi connectivity index (χ3v) is 8.69. The molecule has 1 aliphatic carbocycles.